The van der Waals surface area contributed by atoms with Gasteiger partial charge in [0.1, 0.15) is 5.69 Å². The van der Waals surface area contributed by atoms with Gasteiger partial charge in [-0.05, 0) is 6.07 Å². The first-order valence-electron chi connectivity index (χ1n) is 6.01. The van der Waals surface area contributed by atoms with Crippen molar-refractivity contribution in [1.82, 2.24) is 30.1 Å². The van der Waals surface area contributed by atoms with Crippen molar-refractivity contribution in [2.45, 2.75) is 19.5 Å². The summed E-state index contributed by atoms with van der Waals surface area (Å²) in [6, 6.07) is 1.97. The van der Waals surface area contributed by atoms with Gasteiger partial charge < -0.3 is 11.1 Å². The van der Waals surface area contributed by atoms with Gasteiger partial charge in [0, 0.05) is 31.9 Å². The van der Waals surface area contributed by atoms with E-state index in [1.807, 2.05) is 24.0 Å². The Hall–Kier alpha value is -2.22. The Labute approximate surface area is 110 Å². The fraction of sp³-hybridized carbons (Fsp3) is 0.455. The van der Waals surface area contributed by atoms with Crippen LogP contribution in [0.2, 0.25) is 0 Å². The number of hydrogen-bond donors (Lipinski definition) is 2. The van der Waals surface area contributed by atoms with E-state index in [1.54, 1.807) is 10.9 Å². The monoisotopic (exact) mass is 263 g/mol. The van der Waals surface area contributed by atoms with E-state index in [9.17, 15) is 4.79 Å². The minimum absolute atomic E-state index is 0.0192. The van der Waals surface area contributed by atoms with Crippen LogP contribution < -0.4 is 11.1 Å². The van der Waals surface area contributed by atoms with Gasteiger partial charge in [-0.15, -0.1) is 5.10 Å². The number of aromatic nitrogens is 5. The zero-order valence-electron chi connectivity index (χ0n) is 10.8. The van der Waals surface area contributed by atoms with Crippen molar-refractivity contribution < 1.29 is 4.79 Å². The van der Waals surface area contributed by atoms with Crippen LogP contribution in [-0.4, -0.2) is 37.2 Å². The normalized spacial score (nSPS) is 10.6. The van der Waals surface area contributed by atoms with Crippen LogP contribution in [0.4, 0.5) is 0 Å². The molecular formula is C11H17N7O. The fourth-order valence-corrected chi connectivity index (χ4v) is 1.67. The van der Waals surface area contributed by atoms with Crippen molar-refractivity contribution in [2.24, 2.45) is 12.8 Å². The van der Waals surface area contributed by atoms with Crippen molar-refractivity contribution in [3.8, 4) is 0 Å². The third-order valence-corrected chi connectivity index (χ3v) is 2.76. The van der Waals surface area contributed by atoms with Crippen molar-refractivity contribution in [3.63, 3.8) is 0 Å². The van der Waals surface area contributed by atoms with E-state index in [0.29, 0.717) is 12.2 Å². The van der Waals surface area contributed by atoms with E-state index in [-0.39, 0.29) is 12.5 Å². The highest BCUT2D eigenvalue weighted by molar-refractivity contribution is 5.77. The maximum atomic E-state index is 11.0. The van der Waals surface area contributed by atoms with Gasteiger partial charge in [0.25, 0.3) is 0 Å². The van der Waals surface area contributed by atoms with E-state index in [1.165, 1.54) is 0 Å². The summed E-state index contributed by atoms with van der Waals surface area (Å²) < 4.78 is 3.58. The molecule has 8 nitrogen and oxygen atoms in total. The second kappa shape index (κ2) is 6.10. The lowest BCUT2D eigenvalue weighted by Gasteiger charge is -2.01. The van der Waals surface area contributed by atoms with Gasteiger partial charge in [0.15, 0.2) is 0 Å². The number of aryl methyl sites for hydroxylation is 3. The molecule has 0 aliphatic carbocycles. The highest BCUT2D eigenvalue weighted by Crippen LogP contribution is 2.00. The number of rotatable bonds is 6. The summed E-state index contributed by atoms with van der Waals surface area (Å²) in [5.41, 5.74) is 7.04. The minimum atomic E-state index is -0.204. The van der Waals surface area contributed by atoms with Crippen LogP contribution in [0, 0.1) is 0 Å². The number of amides is 1. The summed E-state index contributed by atoms with van der Waals surface area (Å²) in [5.74, 6) is -0.204. The molecule has 0 aromatic carbocycles. The van der Waals surface area contributed by atoms with Gasteiger partial charge in [-0.3, -0.25) is 14.2 Å². The molecule has 0 saturated heterocycles. The molecule has 0 spiro atoms. The number of nitrogens with one attached hydrogen (secondary N) is 1. The molecule has 8 heteroatoms. The molecule has 1 amide bonds. The summed E-state index contributed by atoms with van der Waals surface area (Å²) in [7, 11) is 1.91. The first kappa shape index (κ1) is 13.2. The molecule has 19 heavy (non-hydrogen) atoms. The second-order valence-electron chi connectivity index (χ2n) is 4.15. The number of nitrogens with two attached hydrogens (primary N) is 1. The predicted octanol–water partition coefficient (Wildman–Crippen LogP) is -1.17. The van der Waals surface area contributed by atoms with Crippen LogP contribution in [0.15, 0.2) is 18.5 Å². The third kappa shape index (κ3) is 3.62. The first-order chi connectivity index (χ1) is 9.19. The Bertz CT molecular complexity index is 545. The van der Waals surface area contributed by atoms with Crippen molar-refractivity contribution in [2.75, 3.05) is 6.54 Å². The molecule has 2 rings (SSSR count). The van der Waals surface area contributed by atoms with E-state index in [0.717, 1.165) is 18.7 Å². The van der Waals surface area contributed by atoms with E-state index >= 15 is 0 Å². The molecule has 0 unspecified atom stereocenters. The van der Waals surface area contributed by atoms with Gasteiger partial charge in [-0.1, -0.05) is 5.21 Å². The molecule has 102 valence electrons. The lowest BCUT2D eigenvalue weighted by atomic mass is 10.3. The second-order valence-corrected chi connectivity index (χ2v) is 4.15. The molecule has 2 aromatic rings. The Morgan fingerprint density at radius 1 is 1.53 bits per heavy atom. The molecule has 0 atom stereocenters. The minimum Gasteiger partial charge on any atom is -0.349 e. The molecule has 0 radical (unpaired) electrons. The smallest absolute Gasteiger partial charge is 0.234 e. The largest absolute Gasteiger partial charge is 0.349 e. The molecule has 0 aliphatic rings. The average molecular weight is 263 g/mol. The first-order valence-corrected chi connectivity index (χ1v) is 6.01. The molecule has 0 bridgehead atoms. The number of carbonyl (C=O) groups excluding carboxylic acids is 1. The maximum Gasteiger partial charge on any atom is 0.234 e. The van der Waals surface area contributed by atoms with Gasteiger partial charge in [-0.25, -0.2) is 0 Å². The molecular weight excluding hydrogens is 246 g/mol. The number of nitrogens with zero attached hydrogens (tertiary/aromatic N) is 5. The Kier molecular flexibility index (Phi) is 4.24. The average Bonchev–Trinajstić information content (AvgIpc) is 3.02. The van der Waals surface area contributed by atoms with E-state index < -0.39 is 0 Å². The van der Waals surface area contributed by atoms with Crippen LogP contribution in [0.1, 0.15) is 11.4 Å². The Morgan fingerprint density at radius 2 is 2.37 bits per heavy atom. The van der Waals surface area contributed by atoms with Gasteiger partial charge >= 0.3 is 0 Å². The van der Waals surface area contributed by atoms with Crippen LogP contribution in [0.25, 0.3) is 0 Å². The summed E-state index contributed by atoms with van der Waals surface area (Å²) in [4.78, 5) is 11.0. The molecule has 2 heterocycles. The van der Waals surface area contributed by atoms with Gasteiger partial charge in [0.2, 0.25) is 5.91 Å². The lowest BCUT2D eigenvalue weighted by molar-refractivity contribution is -0.119. The SMILES string of the molecule is Cn1nccc1CCn1cc(CNC(=O)CN)nn1. The van der Waals surface area contributed by atoms with E-state index in [4.69, 9.17) is 5.73 Å². The topological polar surface area (TPSA) is 104 Å². The third-order valence-electron chi connectivity index (χ3n) is 2.76. The number of hydrogen-bond acceptors (Lipinski definition) is 5. The lowest BCUT2D eigenvalue weighted by Crippen LogP contribution is -2.29. The van der Waals surface area contributed by atoms with Gasteiger partial charge in [-0.2, -0.15) is 5.10 Å². The summed E-state index contributed by atoms with van der Waals surface area (Å²) >= 11 is 0. The van der Waals surface area contributed by atoms with Crippen LogP contribution >= 0.6 is 0 Å². The van der Waals surface area contributed by atoms with Crippen LogP contribution in [0.5, 0.6) is 0 Å². The molecule has 2 aromatic heterocycles. The van der Waals surface area contributed by atoms with Crippen LogP contribution in [0.3, 0.4) is 0 Å². The van der Waals surface area contributed by atoms with Crippen molar-refractivity contribution in [1.29, 1.82) is 0 Å². The zero-order valence-corrected chi connectivity index (χ0v) is 10.8. The highest BCUT2D eigenvalue weighted by atomic mass is 16.1. The predicted molar refractivity (Wildman–Crippen MR) is 67.8 cm³/mol. The molecule has 0 fully saturated rings. The highest BCUT2D eigenvalue weighted by Gasteiger charge is 2.04. The van der Waals surface area contributed by atoms with Crippen LogP contribution in [-0.2, 0) is 31.4 Å². The van der Waals surface area contributed by atoms with Crippen molar-refractivity contribution >= 4 is 5.91 Å². The maximum absolute atomic E-state index is 11.0. The molecule has 0 saturated carbocycles. The quantitative estimate of drug-likeness (QED) is 0.683. The molecule has 3 N–H and O–H groups in total. The van der Waals surface area contributed by atoms with Crippen molar-refractivity contribution in [3.05, 3.63) is 29.8 Å². The Morgan fingerprint density at radius 3 is 3.05 bits per heavy atom. The number of carbonyl (C=O) groups is 1. The standard InChI is InChI=1S/C11H17N7O/c1-17-10(2-4-14-17)3-5-18-8-9(15-16-18)7-13-11(19)6-12/h2,4,8H,3,5-7,12H2,1H3,(H,13,19). The van der Waals surface area contributed by atoms with Gasteiger partial charge in [0.05, 0.1) is 19.3 Å². The summed E-state index contributed by atoms with van der Waals surface area (Å²) in [5, 5.41) is 14.7. The fourth-order valence-electron chi connectivity index (χ4n) is 1.67. The summed E-state index contributed by atoms with van der Waals surface area (Å²) in [6.07, 6.45) is 4.41. The Balaban J connectivity index is 1.84. The van der Waals surface area contributed by atoms with E-state index in [2.05, 4.69) is 20.7 Å². The zero-order chi connectivity index (χ0) is 13.7. The molecule has 0 aliphatic heterocycles. The summed E-state index contributed by atoms with van der Waals surface area (Å²) in [6.45, 7) is 1.05.